The van der Waals surface area contributed by atoms with Crippen LogP contribution in [0.15, 0.2) is 34.7 Å². The van der Waals surface area contributed by atoms with Crippen LogP contribution in [0.5, 0.6) is 0 Å². The van der Waals surface area contributed by atoms with Crippen LogP contribution in [0.1, 0.15) is 57.9 Å². The lowest BCUT2D eigenvalue weighted by Crippen LogP contribution is -2.65. The molecule has 6 nitrogen and oxygen atoms in total. The van der Waals surface area contributed by atoms with Crippen LogP contribution in [0.3, 0.4) is 0 Å². The Hall–Kier alpha value is -2.50. The van der Waals surface area contributed by atoms with Gasteiger partial charge < -0.3 is 9.80 Å². The van der Waals surface area contributed by atoms with E-state index in [-0.39, 0.29) is 17.7 Å². The molecule has 2 aliphatic carbocycles. The average molecular weight is 393 g/mol. The van der Waals surface area contributed by atoms with Crippen molar-refractivity contribution in [3.63, 3.8) is 0 Å². The molecule has 6 heteroatoms. The molecule has 0 bridgehead atoms. The van der Waals surface area contributed by atoms with Gasteiger partial charge in [-0.3, -0.25) is 19.6 Å². The van der Waals surface area contributed by atoms with Crippen molar-refractivity contribution in [2.45, 2.75) is 57.8 Å². The SMILES string of the molecule is CC(CN1C(=O)C2(CN(C(=O)C3CC3)C2)c2ccncc21)=NC1=C(C)CCCC1. The molecule has 2 aliphatic heterocycles. The Labute approximate surface area is 171 Å². The first-order chi connectivity index (χ1) is 14.0. The Morgan fingerprint density at radius 1 is 1.28 bits per heavy atom. The Bertz CT molecular complexity index is 938. The molecule has 5 rings (SSSR count). The lowest BCUT2D eigenvalue weighted by Gasteiger charge is -2.47. The van der Waals surface area contributed by atoms with Crippen molar-refractivity contribution < 1.29 is 9.59 Å². The number of fused-ring (bicyclic) bond motifs is 2. The summed E-state index contributed by atoms with van der Waals surface area (Å²) in [7, 11) is 0. The van der Waals surface area contributed by atoms with Gasteiger partial charge >= 0.3 is 0 Å². The molecule has 1 saturated heterocycles. The molecular formula is C23H28N4O2. The fourth-order valence-corrected chi connectivity index (χ4v) is 4.99. The number of pyridine rings is 1. The van der Waals surface area contributed by atoms with Gasteiger partial charge in [0.25, 0.3) is 0 Å². The van der Waals surface area contributed by atoms with Crippen molar-refractivity contribution in [2.24, 2.45) is 10.9 Å². The second kappa shape index (κ2) is 6.78. The van der Waals surface area contributed by atoms with E-state index in [1.165, 1.54) is 24.1 Å². The maximum absolute atomic E-state index is 13.5. The molecular weight excluding hydrogens is 364 g/mol. The number of hydrogen-bond acceptors (Lipinski definition) is 4. The predicted molar refractivity (Wildman–Crippen MR) is 112 cm³/mol. The van der Waals surface area contributed by atoms with E-state index in [1.54, 1.807) is 12.4 Å². The molecule has 4 aliphatic rings. The van der Waals surface area contributed by atoms with Crippen molar-refractivity contribution in [1.82, 2.24) is 9.88 Å². The first-order valence-corrected chi connectivity index (χ1v) is 10.8. The van der Waals surface area contributed by atoms with Crippen LogP contribution in [0.2, 0.25) is 0 Å². The van der Waals surface area contributed by atoms with Gasteiger partial charge in [0.1, 0.15) is 5.41 Å². The van der Waals surface area contributed by atoms with Crippen LogP contribution >= 0.6 is 0 Å². The van der Waals surface area contributed by atoms with Crippen LogP contribution in [-0.2, 0) is 15.0 Å². The van der Waals surface area contributed by atoms with Crippen LogP contribution < -0.4 is 4.90 Å². The summed E-state index contributed by atoms with van der Waals surface area (Å²) in [4.78, 5) is 38.8. The van der Waals surface area contributed by atoms with Gasteiger partial charge in [0, 0.05) is 36.6 Å². The quantitative estimate of drug-likeness (QED) is 0.739. The van der Waals surface area contributed by atoms with Crippen LogP contribution in [0.4, 0.5) is 5.69 Å². The molecule has 1 aromatic rings. The third-order valence-corrected chi connectivity index (χ3v) is 6.84. The van der Waals surface area contributed by atoms with Gasteiger partial charge in [0.15, 0.2) is 0 Å². The summed E-state index contributed by atoms with van der Waals surface area (Å²) in [6.07, 6.45) is 10.1. The first kappa shape index (κ1) is 18.5. The van der Waals surface area contributed by atoms with Gasteiger partial charge in [0.2, 0.25) is 11.8 Å². The van der Waals surface area contributed by atoms with E-state index in [4.69, 9.17) is 4.99 Å². The lowest BCUT2D eigenvalue weighted by atomic mass is 9.74. The zero-order valence-electron chi connectivity index (χ0n) is 17.3. The molecule has 0 atom stereocenters. The number of rotatable bonds is 4. The molecule has 1 aromatic heterocycles. The second-order valence-electron chi connectivity index (χ2n) is 9.12. The topological polar surface area (TPSA) is 65.9 Å². The monoisotopic (exact) mass is 392 g/mol. The minimum absolute atomic E-state index is 0.0873. The van der Waals surface area contributed by atoms with Crippen molar-refractivity contribution in [1.29, 1.82) is 0 Å². The van der Waals surface area contributed by atoms with Gasteiger partial charge in [0.05, 0.1) is 18.4 Å². The van der Waals surface area contributed by atoms with Gasteiger partial charge in [-0.25, -0.2) is 0 Å². The molecule has 152 valence electrons. The number of aliphatic imine (C=N–C) groups is 1. The van der Waals surface area contributed by atoms with Gasteiger partial charge in [-0.1, -0.05) is 5.57 Å². The number of hydrogen-bond donors (Lipinski definition) is 0. The van der Waals surface area contributed by atoms with E-state index in [0.29, 0.717) is 19.6 Å². The number of carbonyl (C=O) groups is 2. The van der Waals surface area contributed by atoms with E-state index in [2.05, 4.69) is 11.9 Å². The summed E-state index contributed by atoms with van der Waals surface area (Å²) >= 11 is 0. The minimum atomic E-state index is -0.594. The fraction of sp³-hybridized carbons (Fsp3) is 0.565. The van der Waals surface area contributed by atoms with Gasteiger partial charge in [-0.15, -0.1) is 0 Å². The zero-order valence-corrected chi connectivity index (χ0v) is 17.3. The zero-order chi connectivity index (χ0) is 20.2. The molecule has 0 unspecified atom stereocenters. The molecule has 2 fully saturated rings. The number of carbonyl (C=O) groups excluding carboxylic acids is 2. The molecule has 29 heavy (non-hydrogen) atoms. The maximum atomic E-state index is 13.5. The highest BCUT2D eigenvalue weighted by molar-refractivity contribution is 6.12. The standard InChI is InChI=1S/C23H28N4O2/c1-15-5-3-4-6-19(15)25-16(2)12-27-20-11-24-10-9-18(20)23(22(27)29)13-26(14-23)21(28)17-7-8-17/h9-11,17H,3-8,12-14H2,1-2H3. The lowest BCUT2D eigenvalue weighted by molar-refractivity contribution is -0.145. The third kappa shape index (κ3) is 3.00. The van der Waals surface area contributed by atoms with Crippen LogP contribution in [0, 0.1) is 5.92 Å². The van der Waals surface area contributed by atoms with E-state index < -0.39 is 5.41 Å². The number of nitrogens with zero attached hydrogens (tertiary/aromatic N) is 4. The van der Waals surface area contributed by atoms with E-state index in [1.807, 2.05) is 22.8 Å². The Kier molecular flexibility index (Phi) is 4.33. The molecule has 3 heterocycles. The van der Waals surface area contributed by atoms with Gasteiger partial charge in [-0.05, 0) is 64.0 Å². The third-order valence-electron chi connectivity index (χ3n) is 6.84. The average Bonchev–Trinajstić information content (AvgIpc) is 3.49. The van der Waals surface area contributed by atoms with Crippen molar-refractivity contribution in [2.75, 3.05) is 24.5 Å². The van der Waals surface area contributed by atoms with Crippen molar-refractivity contribution >= 4 is 23.2 Å². The Morgan fingerprint density at radius 2 is 2.03 bits per heavy atom. The van der Waals surface area contributed by atoms with Crippen molar-refractivity contribution in [3.8, 4) is 0 Å². The Morgan fingerprint density at radius 3 is 2.76 bits per heavy atom. The normalized spacial score (nSPS) is 23.5. The molecule has 0 N–H and O–H groups in total. The highest BCUT2D eigenvalue weighted by atomic mass is 16.2. The number of anilines is 1. The number of amides is 2. The van der Waals surface area contributed by atoms with Crippen LogP contribution in [-0.4, -0.2) is 47.0 Å². The highest BCUT2D eigenvalue weighted by Gasteiger charge is 2.60. The molecule has 2 amide bonds. The van der Waals surface area contributed by atoms with Gasteiger partial charge in [-0.2, -0.15) is 0 Å². The fourth-order valence-electron chi connectivity index (χ4n) is 4.99. The second-order valence-corrected chi connectivity index (χ2v) is 9.12. The number of likely N-dealkylation sites (tertiary alicyclic amines) is 1. The Balaban J connectivity index is 1.39. The summed E-state index contributed by atoms with van der Waals surface area (Å²) in [5, 5.41) is 0. The van der Waals surface area contributed by atoms with E-state index in [9.17, 15) is 9.59 Å². The summed E-state index contributed by atoms with van der Waals surface area (Å²) in [6.45, 7) is 5.64. The molecule has 0 radical (unpaired) electrons. The van der Waals surface area contributed by atoms with Crippen LogP contribution in [0.25, 0.3) is 0 Å². The first-order valence-electron chi connectivity index (χ1n) is 10.8. The maximum Gasteiger partial charge on any atom is 0.241 e. The molecule has 1 spiro atoms. The largest absolute Gasteiger partial charge is 0.339 e. The summed E-state index contributed by atoms with van der Waals surface area (Å²) in [5.74, 6) is 0.498. The summed E-state index contributed by atoms with van der Waals surface area (Å²) in [6, 6.07) is 1.95. The van der Waals surface area contributed by atoms with E-state index >= 15 is 0 Å². The van der Waals surface area contributed by atoms with E-state index in [0.717, 1.165) is 42.6 Å². The molecule has 0 aromatic carbocycles. The number of allylic oxidation sites excluding steroid dienone is 2. The predicted octanol–water partition coefficient (Wildman–Crippen LogP) is 3.23. The number of aromatic nitrogens is 1. The summed E-state index contributed by atoms with van der Waals surface area (Å²) < 4.78 is 0. The van der Waals surface area contributed by atoms with Crippen molar-refractivity contribution in [3.05, 3.63) is 35.3 Å². The smallest absolute Gasteiger partial charge is 0.241 e. The molecule has 1 saturated carbocycles. The summed E-state index contributed by atoms with van der Waals surface area (Å²) in [5.41, 5.74) is 4.80. The highest BCUT2D eigenvalue weighted by Crippen LogP contribution is 2.48. The minimum Gasteiger partial charge on any atom is -0.339 e.